The molecular weight excluding hydrogens is 322 g/mol. The Morgan fingerprint density at radius 1 is 0.958 bits per heavy atom. The molecule has 0 N–H and O–H groups in total. The lowest BCUT2D eigenvalue weighted by Gasteiger charge is -2.04. The topological polar surface area (TPSA) is 65.2 Å². The Morgan fingerprint density at radius 3 is 2.71 bits per heavy atom. The Balaban J connectivity index is 1.60. The molecule has 2 aliphatic heterocycles. The summed E-state index contributed by atoms with van der Waals surface area (Å²) in [6.45, 7) is 0.308. The SMILES string of the molecule is c1ccc(OCc2nnc3sc4nc5ccccc5c-4nn23)cc1. The smallest absolute Gasteiger partial charge is 0.235 e. The fourth-order valence-corrected chi connectivity index (χ4v) is 3.50. The maximum atomic E-state index is 5.77. The second kappa shape index (κ2) is 5.24. The van der Waals surface area contributed by atoms with Gasteiger partial charge in [-0.15, -0.1) is 10.2 Å². The highest BCUT2D eigenvalue weighted by Crippen LogP contribution is 2.33. The van der Waals surface area contributed by atoms with Crippen LogP contribution in [0.1, 0.15) is 5.82 Å². The van der Waals surface area contributed by atoms with Gasteiger partial charge in [-0.05, 0) is 18.2 Å². The van der Waals surface area contributed by atoms with E-state index in [1.165, 1.54) is 11.3 Å². The number of fused-ring (bicyclic) bond motifs is 4. The van der Waals surface area contributed by atoms with Gasteiger partial charge in [0.05, 0.1) is 5.52 Å². The van der Waals surface area contributed by atoms with Gasteiger partial charge in [0.1, 0.15) is 23.1 Å². The first kappa shape index (κ1) is 13.4. The van der Waals surface area contributed by atoms with Crippen LogP contribution in [-0.4, -0.2) is 24.8 Å². The van der Waals surface area contributed by atoms with Gasteiger partial charge in [-0.25, -0.2) is 4.98 Å². The predicted octanol–water partition coefficient (Wildman–Crippen LogP) is 3.42. The molecule has 0 bridgehead atoms. The second-order valence-electron chi connectivity index (χ2n) is 5.30. The van der Waals surface area contributed by atoms with Crippen molar-refractivity contribution in [3.8, 4) is 16.5 Å². The quantitative estimate of drug-likeness (QED) is 0.506. The maximum Gasteiger partial charge on any atom is 0.235 e. The third-order valence-corrected chi connectivity index (χ3v) is 4.67. The van der Waals surface area contributed by atoms with E-state index in [0.717, 1.165) is 27.4 Å². The molecule has 3 heterocycles. The number of benzene rings is 2. The molecule has 5 rings (SSSR count). The zero-order chi connectivity index (χ0) is 15.9. The zero-order valence-electron chi connectivity index (χ0n) is 12.5. The van der Waals surface area contributed by atoms with Crippen LogP contribution >= 0.6 is 11.3 Å². The second-order valence-corrected chi connectivity index (χ2v) is 6.25. The third-order valence-electron chi connectivity index (χ3n) is 3.76. The first-order chi connectivity index (χ1) is 11.9. The number of hydrogen-bond acceptors (Lipinski definition) is 6. The van der Waals surface area contributed by atoms with Gasteiger partial charge in [-0.3, -0.25) is 0 Å². The Kier molecular flexibility index (Phi) is 2.92. The first-order valence-electron chi connectivity index (χ1n) is 7.46. The standard InChI is InChI=1S/C17H11N5OS/c1-2-6-11(7-3-1)23-10-14-19-20-17-22(14)21-15-12-8-4-5-9-13(12)18-16(15)24-17/h1-9H,10H2. The van der Waals surface area contributed by atoms with E-state index in [0.29, 0.717) is 17.4 Å². The van der Waals surface area contributed by atoms with Crippen LogP contribution in [0.15, 0.2) is 54.6 Å². The Bertz CT molecular complexity index is 1120. The normalized spacial score (nSPS) is 11.5. The highest BCUT2D eigenvalue weighted by Gasteiger charge is 2.18. The lowest BCUT2D eigenvalue weighted by atomic mass is 10.2. The highest BCUT2D eigenvalue weighted by molar-refractivity contribution is 7.19. The molecule has 6 nitrogen and oxygen atoms in total. The van der Waals surface area contributed by atoms with Crippen molar-refractivity contribution >= 4 is 27.2 Å². The lowest BCUT2D eigenvalue weighted by Crippen LogP contribution is -2.04. The van der Waals surface area contributed by atoms with E-state index in [4.69, 9.17) is 9.84 Å². The molecule has 0 saturated carbocycles. The van der Waals surface area contributed by atoms with Crippen LogP contribution < -0.4 is 4.74 Å². The molecule has 0 fully saturated rings. The van der Waals surface area contributed by atoms with Gasteiger partial charge in [-0.1, -0.05) is 47.7 Å². The summed E-state index contributed by atoms with van der Waals surface area (Å²) in [6, 6.07) is 17.6. The average Bonchev–Trinajstić information content (AvgIpc) is 3.19. The minimum Gasteiger partial charge on any atom is -0.486 e. The van der Waals surface area contributed by atoms with Gasteiger partial charge >= 0.3 is 0 Å². The van der Waals surface area contributed by atoms with Gasteiger partial charge in [-0.2, -0.15) is 9.61 Å². The summed E-state index contributed by atoms with van der Waals surface area (Å²) < 4.78 is 7.51. The number of ether oxygens (including phenoxy) is 1. The summed E-state index contributed by atoms with van der Waals surface area (Å²) in [5.41, 5.74) is 1.81. The molecule has 0 aliphatic carbocycles. The van der Waals surface area contributed by atoms with Gasteiger partial charge < -0.3 is 4.74 Å². The van der Waals surface area contributed by atoms with E-state index in [-0.39, 0.29) is 0 Å². The number of para-hydroxylation sites is 2. The third kappa shape index (κ3) is 2.10. The molecular formula is C17H11N5OS. The Hall–Kier alpha value is -3.06. The van der Waals surface area contributed by atoms with E-state index < -0.39 is 0 Å². The minimum absolute atomic E-state index is 0.308. The average molecular weight is 333 g/mol. The molecule has 2 aromatic carbocycles. The van der Waals surface area contributed by atoms with E-state index in [9.17, 15) is 0 Å². The fraction of sp³-hybridized carbons (Fsp3) is 0.0588. The van der Waals surface area contributed by atoms with Crippen LogP contribution in [-0.2, 0) is 6.61 Å². The van der Waals surface area contributed by atoms with Crippen LogP contribution in [0, 0.1) is 0 Å². The molecule has 0 unspecified atom stereocenters. The largest absolute Gasteiger partial charge is 0.486 e. The number of aromatic nitrogens is 5. The summed E-state index contributed by atoms with van der Waals surface area (Å²) in [7, 11) is 0. The summed E-state index contributed by atoms with van der Waals surface area (Å²) >= 11 is 1.48. The molecule has 1 aromatic heterocycles. The molecule has 0 atom stereocenters. The van der Waals surface area contributed by atoms with Crippen LogP contribution in [0.25, 0.3) is 26.6 Å². The van der Waals surface area contributed by atoms with Crippen molar-refractivity contribution < 1.29 is 4.74 Å². The molecule has 0 spiro atoms. The van der Waals surface area contributed by atoms with E-state index >= 15 is 0 Å². The summed E-state index contributed by atoms with van der Waals surface area (Å²) in [6.07, 6.45) is 0. The molecule has 116 valence electrons. The Labute approximate surface area is 140 Å². The molecule has 3 aromatic rings. The molecule has 7 heteroatoms. The van der Waals surface area contributed by atoms with Crippen molar-refractivity contribution in [1.82, 2.24) is 24.8 Å². The molecule has 0 saturated heterocycles. The van der Waals surface area contributed by atoms with Crippen LogP contribution in [0.4, 0.5) is 0 Å². The van der Waals surface area contributed by atoms with Crippen molar-refractivity contribution in [2.75, 3.05) is 0 Å². The summed E-state index contributed by atoms with van der Waals surface area (Å²) in [4.78, 5) is 5.32. The number of hydrogen-bond donors (Lipinski definition) is 0. The number of rotatable bonds is 3. The monoisotopic (exact) mass is 333 g/mol. The zero-order valence-corrected chi connectivity index (χ0v) is 13.3. The number of nitrogens with zero attached hydrogens (tertiary/aromatic N) is 5. The molecule has 2 aliphatic rings. The van der Waals surface area contributed by atoms with Gasteiger partial charge in [0.15, 0.2) is 5.82 Å². The minimum atomic E-state index is 0.308. The van der Waals surface area contributed by atoms with Gasteiger partial charge in [0.2, 0.25) is 4.96 Å². The fourth-order valence-electron chi connectivity index (χ4n) is 2.62. The predicted molar refractivity (Wildman–Crippen MR) is 91.4 cm³/mol. The van der Waals surface area contributed by atoms with Crippen molar-refractivity contribution in [1.29, 1.82) is 0 Å². The van der Waals surface area contributed by atoms with E-state index in [2.05, 4.69) is 15.2 Å². The first-order valence-corrected chi connectivity index (χ1v) is 8.27. The van der Waals surface area contributed by atoms with Crippen molar-refractivity contribution in [3.63, 3.8) is 0 Å². The van der Waals surface area contributed by atoms with Crippen molar-refractivity contribution in [3.05, 3.63) is 60.4 Å². The van der Waals surface area contributed by atoms with Crippen LogP contribution in [0.5, 0.6) is 5.75 Å². The molecule has 0 radical (unpaired) electrons. The Morgan fingerprint density at radius 2 is 1.79 bits per heavy atom. The lowest BCUT2D eigenvalue weighted by molar-refractivity contribution is 0.292. The molecule has 0 amide bonds. The van der Waals surface area contributed by atoms with Gasteiger partial charge in [0.25, 0.3) is 0 Å². The van der Waals surface area contributed by atoms with Gasteiger partial charge in [0, 0.05) is 5.39 Å². The maximum absolute atomic E-state index is 5.77. The summed E-state index contributed by atoms with van der Waals surface area (Å²) in [5, 5.41) is 15.0. The van der Waals surface area contributed by atoms with Crippen molar-refractivity contribution in [2.45, 2.75) is 6.61 Å². The highest BCUT2D eigenvalue weighted by atomic mass is 32.1. The van der Waals surface area contributed by atoms with Crippen molar-refractivity contribution in [2.24, 2.45) is 0 Å². The van der Waals surface area contributed by atoms with E-state index in [1.54, 1.807) is 4.52 Å². The van der Waals surface area contributed by atoms with Crippen LogP contribution in [0.3, 0.4) is 0 Å². The van der Waals surface area contributed by atoms with Crippen LogP contribution in [0.2, 0.25) is 0 Å². The molecule has 24 heavy (non-hydrogen) atoms. The van der Waals surface area contributed by atoms with E-state index in [1.807, 2.05) is 54.6 Å². The summed E-state index contributed by atoms with van der Waals surface area (Å²) in [5.74, 6) is 1.46.